The molecule has 0 heterocycles. The summed E-state index contributed by atoms with van der Waals surface area (Å²) in [6.45, 7) is 1.26. The molecular formula is C11H7F4NO5. The maximum Gasteiger partial charge on any atom is 0.321 e. The predicted octanol–water partition coefficient (Wildman–Crippen LogP) is 2.29. The lowest BCUT2D eigenvalue weighted by molar-refractivity contribution is -0.388. The summed E-state index contributed by atoms with van der Waals surface area (Å²) in [6, 6.07) is 0. The second-order valence-electron chi connectivity index (χ2n) is 3.64. The molecule has 21 heavy (non-hydrogen) atoms. The summed E-state index contributed by atoms with van der Waals surface area (Å²) in [5.74, 6) is -12.2. The fraction of sp³-hybridized carbons (Fsp3) is 0.273. The molecule has 0 spiro atoms. The second kappa shape index (κ2) is 6.29. The zero-order valence-corrected chi connectivity index (χ0v) is 10.4. The number of esters is 1. The molecule has 0 aliphatic heterocycles. The number of halogens is 4. The standard InChI is InChI=1S/C11H7F4NO5/c1-2-21-5(18)3-4(17)6-7(12)8(13)9(14)10(15)11(6)16(19)20/h2-3H2,1H3. The van der Waals surface area contributed by atoms with Crippen molar-refractivity contribution in [3.63, 3.8) is 0 Å². The number of carbonyl (C=O) groups excluding carboxylic acids is 2. The lowest BCUT2D eigenvalue weighted by Gasteiger charge is -2.06. The van der Waals surface area contributed by atoms with Crippen LogP contribution < -0.4 is 0 Å². The maximum atomic E-state index is 13.5. The number of nitro benzene ring substituents is 1. The Kier molecular flexibility index (Phi) is 4.95. The van der Waals surface area contributed by atoms with E-state index in [9.17, 15) is 37.3 Å². The molecule has 114 valence electrons. The molecule has 0 bridgehead atoms. The summed E-state index contributed by atoms with van der Waals surface area (Å²) < 4.78 is 57.1. The Morgan fingerprint density at radius 1 is 1.10 bits per heavy atom. The van der Waals surface area contributed by atoms with Crippen LogP contribution in [0.1, 0.15) is 23.7 Å². The van der Waals surface area contributed by atoms with Crippen LogP contribution in [-0.2, 0) is 9.53 Å². The molecule has 6 nitrogen and oxygen atoms in total. The first-order valence-electron chi connectivity index (χ1n) is 5.41. The molecule has 0 aliphatic rings. The van der Waals surface area contributed by atoms with Crippen LogP contribution in [0.15, 0.2) is 0 Å². The van der Waals surface area contributed by atoms with Gasteiger partial charge in [-0.05, 0) is 6.92 Å². The Balaban J connectivity index is 3.44. The van der Waals surface area contributed by atoms with Crippen LogP contribution in [-0.4, -0.2) is 23.3 Å². The van der Waals surface area contributed by atoms with Crippen molar-refractivity contribution in [3.05, 3.63) is 38.9 Å². The van der Waals surface area contributed by atoms with E-state index in [-0.39, 0.29) is 6.61 Å². The molecule has 0 saturated carbocycles. The van der Waals surface area contributed by atoms with E-state index in [1.165, 1.54) is 6.92 Å². The molecule has 0 fully saturated rings. The van der Waals surface area contributed by atoms with E-state index < -0.39 is 57.6 Å². The molecule has 0 radical (unpaired) electrons. The van der Waals surface area contributed by atoms with Crippen LogP contribution in [0.3, 0.4) is 0 Å². The second-order valence-corrected chi connectivity index (χ2v) is 3.64. The molecule has 0 saturated heterocycles. The van der Waals surface area contributed by atoms with E-state index in [0.29, 0.717) is 0 Å². The van der Waals surface area contributed by atoms with Gasteiger partial charge in [-0.3, -0.25) is 19.7 Å². The molecule has 1 aromatic rings. The van der Waals surface area contributed by atoms with Gasteiger partial charge in [-0.15, -0.1) is 0 Å². The van der Waals surface area contributed by atoms with Gasteiger partial charge < -0.3 is 4.74 Å². The average Bonchev–Trinajstić information content (AvgIpc) is 2.39. The molecular weight excluding hydrogens is 302 g/mol. The lowest BCUT2D eigenvalue weighted by atomic mass is 10.0. The van der Waals surface area contributed by atoms with Crippen LogP contribution in [0.25, 0.3) is 0 Å². The molecule has 0 amide bonds. The van der Waals surface area contributed by atoms with E-state index in [1.54, 1.807) is 0 Å². The summed E-state index contributed by atoms with van der Waals surface area (Å²) in [7, 11) is 0. The van der Waals surface area contributed by atoms with E-state index in [4.69, 9.17) is 0 Å². The predicted molar refractivity (Wildman–Crippen MR) is 58.5 cm³/mol. The van der Waals surface area contributed by atoms with Crippen LogP contribution in [0.2, 0.25) is 0 Å². The van der Waals surface area contributed by atoms with Gasteiger partial charge in [0.25, 0.3) is 0 Å². The SMILES string of the molecule is CCOC(=O)CC(=O)c1c(F)c(F)c(F)c(F)c1[N+](=O)[O-]. The number of Topliss-reactive ketones (excluding diaryl/α,β-unsaturated/α-hetero) is 1. The van der Waals surface area contributed by atoms with Crippen molar-refractivity contribution in [1.29, 1.82) is 0 Å². The van der Waals surface area contributed by atoms with Gasteiger partial charge in [0.2, 0.25) is 11.6 Å². The molecule has 0 aliphatic carbocycles. The Morgan fingerprint density at radius 2 is 1.62 bits per heavy atom. The fourth-order valence-corrected chi connectivity index (χ4v) is 1.48. The number of nitro groups is 1. The molecule has 0 N–H and O–H groups in total. The summed E-state index contributed by atoms with van der Waals surface area (Å²) >= 11 is 0. The smallest absolute Gasteiger partial charge is 0.321 e. The first-order valence-corrected chi connectivity index (χ1v) is 5.41. The normalized spacial score (nSPS) is 10.3. The van der Waals surface area contributed by atoms with Gasteiger partial charge in [-0.1, -0.05) is 0 Å². The van der Waals surface area contributed by atoms with Gasteiger partial charge in [0.05, 0.1) is 11.5 Å². The summed E-state index contributed by atoms with van der Waals surface area (Å²) in [6.07, 6.45) is -1.18. The van der Waals surface area contributed by atoms with Crippen LogP contribution in [0.5, 0.6) is 0 Å². The van der Waals surface area contributed by atoms with E-state index in [0.717, 1.165) is 0 Å². The highest BCUT2D eigenvalue weighted by molar-refractivity contribution is 6.08. The van der Waals surface area contributed by atoms with Crippen molar-refractivity contribution in [2.45, 2.75) is 13.3 Å². The third kappa shape index (κ3) is 3.15. The van der Waals surface area contributed by atoms with E-state index in [1.807, 2.05) is 0 Å². The van der Waals surface area contributed by atoms with Crippen molar-refractivity contribution in [2.24, 2.45) is 0 Å². The average molecular weight is 309 g/mol. The first-order chi connectivity index (χ1) is 9.72. The molecule has 0 unspecified atom stereocenters. The highest BCUT2D eigenvalue weighted by Crippen LogP contribution is 2.31. The lowest BCUT2D eigenvalue weighted by Crippen LogP contribution is -2.17. The Morgan fingerprint density at radius 3 is 2.10 bits per heavy atom. The minimum atomic E-state index is -2.42. The minimum Gasteiger partial charge on any atom is -0.466 e. The number of rotatable bonds is 5. The summed E-state index contributed by atoms with van der Waals surface area (Å²) in [5.41, 5.74) is -3.52. The van der Waals surface area contributed by atoms with Crippen molar-refractivity contribution < 1.29 is 36.8 Å². The van der Waals surface area contributed by atoms with Crippen molar-refractivity contribution in [3.8, 4) is 0 Å². The highest BCUT2D eigenvalue weighted by atomic mass is 19.2. The van der Waals surface area contributed by atoms with Crippen molar-refractivity contribution in [1.82, 2.24) is 0 Å². The minimum absolute atomic E-state index is 0.136. The molecule has 0 atom stereocenters. The van der Waals surface area contributed by atoms with Crippen LogP contribution >= 0.6 is 0 Å². The zero-order chi connectivity index (χ0) is 16.3. The van der Waals surface area contributed by atoms with E-state index >= 15 is 0 Å². The number of benzene rings is 1. The topological polar surface area (TPSA) is 86.5 Å². The molecule has 10 heteroatoms. The molecule has 1 rings (SSSR count). The largest absolute Gasteiger partial charge is 0.466 e. The van der Waals surface area contributed by atoms with E-state index in [2.05, 4.69) is 4.74 Å². The van der Waals surface area contributed by atoms with Gasteiger partial charge in [0.15, 0.2) is 17.4 Å². The first kappa shape index (κ1) is 16.5. The van der Waals surface area contributed by atoms with Crippen LogP contribution in [0.4, 0.5) is 23.2 Å². The number of ketones is 1. The number of nitrogens with zero attached hydrogens (tertiary/aromatic N) is 1. The van der Waals surface area contributed by atoms with Gasteiger partial charge >= 0.3 is 11.7 Å². The summed E-state index contributed by atoms with van der Waals surface area (Å²) in [4.78, 5) is 31.7. The Labute approximate surface area is 114 Å². The summed E-state index contributed by atoms with van der Waals surface area (Å²) in [5, 5.41) is 10.6. The highest BCUT2D eigenvalue weighted by Gasteiger charge is 2.36. The van der Waals surface area contributed by atoms with Crippen LogP contribution in [0, 0.1) is 33.4 Å². The number of ether oxygens (including phenoxy) is 1. The van der Waals surface area contributed by atoms with Crippen molar-refractivity contribution >= 4 is 17.4 Å². The third-order valence-electron chi connectivity index (χ3n) is 2.31. The number of hydrogen-bond donors (Lipinski definition) is 0. The number of carbonyl (C=O) groups is 2. The Bertz CT molecular complexity index is 632. The monoisotopic (exact) mass is 309 g/mol. The third-order valence-corrected chi connectivity index (χ3v) is 2.31. The van der Waals surface area contributed by atoms with Gasteiger partial charge in [0, 0.05) is 0 Å². The molecule has 1 aromatic carbocycles. The Hall–Kier alpha value is -2.52. The number of hydrogen-bond acceptors (Lipinski definition) is 5. The zero-order valence-electron chi connectivity index (χ0n) is 10.4. The maximum absolute atomic E-state index is 13.5. The molecule has 0 aromatic heterocycles. The van der Waals surface area contributed by atoms with Gasteiger partial charge in [-0.25, -0.2) is 13.2 Å². The van der Waals surface area contributed by atoms with Gasteiger partial charge in [-0.2, -0.15) is 4.39 Å². The van der Waals surface area contributed by atoms with Gasteiger partial charge in [0.1, 0.15) is 12.0 Å². The fourth-order valence-electron chi connectivity index (χ4n) is 1.48. The quantitative estimate of drug-likeness (QED) is 0.122. The van der Waals surface area contributed by atoms with Crippen molar-refractivity contribution in [2.75, 3.05) is 6.61 Å².